The molecule has 1 aliphatic heterocycles. The molecule has 0 aliphatic carbocycles. The highest BCUT2D eigenvalue weighted by Crippen LogP contribution is 2.36. The van der Waals surface area contributed by atoms with Gasteiger partial charge in [-0.15, -0.1) is 24.8 Å². The van der Waals surface area contributed by atoms with Gasteiger partial charge in [0, 0.05) is 39.3 Å². The first-order valence-electron chi connectivity index (χ1n) is 9.70. The van der Waals surface area contributed by atoms with Crippen LogP contribution in [-0.4, -0.2) is 74.6 Å². The van der Waals surface area contributed by atoms with E-state index < -0.39 is 6.10 Å². The van der Waals surface area contributed by atoms with Crippen molar-refractivity contribution in [3.63, 3.8) is 0 Å². The standard InChI is InChI=1S/C22H30N2O4.2ClH/c1-26-20-9-6-10-21(27-2)22(20)28-17-19(25)16-24-13-11-23(12-14-24)15-18-7-4-3-5-8-18;;/h3-10,19,25H,11-17H2,1-2H3;2*1H. The molecule has 2 aromatic carbocycles. The van der Waals surface area contributed by atoms with Crippen molar-refractivity contribution >= 4 is 24.8 Å². The van der Waals surface area contributed by atoms with Gasteiger partial charge in [-0.25, -0.2) is 0 Å². The third kappa shape index (κ3) is 7.52. The Kier molecular flexibility index (Phi) is 11.9. The van der Waals surface area contributed by atoms with Crippen molar-refractivity contribution in [2.24, 2.45) is 0 Å². The second-order valence-electron chi connectivity index (χ2n) is 7.02. The van der Waals surface area contributed by atoms with E-state index in [2.05, 4.69) is 34.1 Å². The van der Waals surface area contributed by atoms with Crippen LogP contribution in [-0.2, 0) is 6.54 Å². The number of methoxy groups -OCH3 is 2. The van der Waals surface area contributed by atoms with Crippen LogP contribution in [0, 0.1) is 0 Å². The van der Waals surface area contributed by atoms with E-state index in [1.807, 2.05) is 24.3 Å². The molecule has 1 unspecified atom stereocenters. The van der Waals surface area contributed by atoms with Crippen LogP contribution in [0.3, 0.4) is 0 Å². The Hall–Kier alpha value is -1.70. The van der Waals surface area contributed by atoms with E-state index in [1.165, 1.54) is 5.56 Å². The van der Waals surface area contributed by atoms with Gasteiger partial charge in [-0.3, -0.25) is 9.80 Å². The van der Waals surface area contributed by atoms with Gasteiger partial charge in [0.1, 0.15) is 12.7 Å². The maximum Gasteiger partial charge on any atom is 0.203 e. The van der Waals surface area contributed by atoms with Gasteiger partial charge in [0.05, 0.1) is 14.2 Å². The zero-order valence-electron chi connectivity index (χ0n) is 17.5. The third-order valence-electron chi connectivity index (χ3n) is 4.99. The Bertz CT molecular complexity index is 706. The first-order valence-corrected chi connectivity index (χ1v) is 9.70. The number of aliphatic hydroxyl groups is 1. The fraction of sp³-hybridized carbons (Fsp3) is 0.455. The topological polar surface area (TPSA) is 54.4 Å². The van der Waals surface area contributed by atoms with Gasteiger partial charge in [-0.1, -0.05) is 36.4 Å². The Morgan fingerprint density at radius 3 is 1.97 bits per heavy atom. The number of benzene rings is 2. The highest BCUT2D eigenvalue weighted by molar-refractivity contribution is 5.85. The molecule has 0 spiro atoms. The SMILES string of the molecule is COc1cccc(OC)c1OCC(O)CN1CCN(Cc2ccccc2)CC1.Cl.Cl. The molecule has 1 fully saturated rings. The highest BCUT2D eigenvalue weighted by atomic mass is 35.5. The summed E-state index contributed by atoms with van der Waals surface area (Å²) in [5.41, 5.74) is 1.34. The highest BCUT2D eigenvalue weighted by Gasteiger charge is 2.20. The molecule has 0 radical (unpaired) electrons. The van der Waals surface area contributed by atoms with Crippen molar-refractivity contribution in [1.82, 2.24) is 9.80 Å². The molecule has 0 amide bonds. The fourth-order valence-corrected chi connectivity index (χ4v) is 3.46. The first kappa shape index (κ1) is 26.3. The number of piperazine rings is 1. The summed E-state index contributed by atoms with van der Waals surface area (Å²) in [5, 5.41) is 10.4. The minimum absolute atomic E-state index is 0. The normalized spacial score (nSPS) is 15.4. The van der Waals surface area contributed by atoms with E-state index in [9.17, 15) is 5.11 Å². The Morgan fingerprint density at radius 2 is 1.40 bits per heavy atom. The lowest BCUT2D eigenvalue weighted by Crippen LogP contribution is -2.48. The van der Waals surface area contributed by atoms with Crippen molar-refractivity contribution in [2.75, 3.05) is 53.6 Å². The van der Waals surface area contributed by atoms with Crippen molar-refractivity contribution in [2.45, 2.75) is 12.6 Å². The van der Waals surface area contributed by atoms with Crippen LogP contribution in [0.2, 0.25) is 0 Å². The number of hydrogen-bond donors (Lipinski definition) is 1. The van der Waals surface area contributed by atoms with Crippen molar-refractivity contribution < 1.29 is 19.3 Å². The predicted octanol–water partition coefficient (Wildman–Crippen LogP) is 3.10. The minimum Gasteiger partial charge on any atom is -0.493 e. The Morgan fingerprint density at radius 1 is 0.833 bits per heavy atom. The van der Waals surface area contributed by atoms with Crippen LogP contribution in [0.15, 0.2) is 48.5 Å². The summed E-state index contributed by atoms with van der Waals surface area (Å²) >= 11 is 0. The molecule has 1 heterocycles. The third-order valence-corrected chi connectivity index (χ3v) is 4.99. The molecule has 1 N–H and O–H groups in total. The molecular weight excluding hydrogens is 427 g/mol. The molecular formula is C22H32Cl2N2O4. The zero-order valence-corrected chi connectivity index (χ0v) is 19.2. The van der Waals surface area contributed by atoms with E-state index >= 15 is 0 Å². The number of rotatable bonds is 9. The molecule has 8 heteroatoms. The number of nitrogens with zero attached hydrogens (tertiary/aromatic N) is 2. The van der Waals surface area contributed by atoms with E-state index in [-0.39, 0.29) is 31.4 Å². The summed E-state index contributed by atoms with van der Waals surface area (Å²) in [7, 11) is 3.18. The van der Waals surface area contributed by atoms with E-state index in [0.717, 1.165) is 32.7 Å². The number of aliphatic hydroxyl groups excluding tert-OH is 1. The number of ether oxygens (including phenoxy) is 3. The maximum atomic E-state index is 10.4. The summed E-state index contributed by atoms with van der Waals surface area (Å²) in [6, 6.07) is 16.0. The van der Waals surface area contributed by atoms with Crippen LogP contribution < -0.4 is 14.2 Å². The van der Waals surface area contributed by atoms with Gasteiger partial charge in [0.2, 0.25) is 5.75 Å². The fourth-order valence-electron chi connectivity index (χ4n) is 3.46. The summed E-state index contributed by atoms with van der Waals surface area (Å²) in [5.74, 6) is 1.72. The number of para-hydroxylation sites is 1. The van der Waals surface area contributed by atoms with Crippen molar-refractivity contribution in [1.29, 1.82) is 0 Å². The summed E-state index contributed by atoms with van der Waals surface area (Å²) in [6.07, 6.45) is -0.574. The second kappa shape index (κ2) is 13.6. The molecule has 1 atom stereocenters. The van der Waals surface area contributed by atoms with Crippen LogP contribution in [0.5, 0.6) is 17.2 Å². The molecule has 1 saturated heterocycles. The average molecular weight is 459 g/mol. The zero-order chi connectivity index (χ0) is 19.8. The molecule has 6 nitrogen and oxygen atoms in total. The van der Waals surface area contributed by atoms with E-state index in [1.54, 1.807) is 14.2 Å². The van der Waals surface area contributed by atoms with Gasteiger partial charge in [0.25, 0.3) is 0 Å². The summed E-state index contributed by atoms with van der Waals surface area (Å²) in [6.45, 7) is 5.67. The maximum absolute atomic E-state index is 10.4. The van der Waals surface area contributed by atoms with E-state index in [4.69, 9.17) is 14.2 Å². The Balaban J connectivity index is 0.00000225. The molecule has 0 bridgehead atoms. The van der Waals surface area contributed by atoms with Crippen LogP contribution in [0.4, 0.5) is 0 Å². The average Bonchev–Trinajstić information content (AvgIpc) is 2.74. The molecule has 30 heavy (non-hydrogen) atoms. The molecule has 0 saturated carbocycles. The molecule has 1 aliphatic rings. The van der Waals surface area contributed by atoms with E-state index in [0.29, 0.717) is 23.8 Å². The van der Waals surface area contributed by atoms with Crippen molar-refractivity contribution in [3.05, 3.63) is 54.1 Å². The van der Waals surface area contributed by atoms with Crippen LogP contribution >= 0.6 is 24.8 Å². The Labute approximate surface area is 191 Å². The van der Waals surface area contributed by atoms with Gasteiger partial charge in [-0.05, 0) is 17.7 Å². The number of halogens is 2. The van der Waals surface area contributed by atoms with Gasteiger partial charge < -0.3 is 19.3 Å². The largest absolute Gasteiger partial charge is 0.493 e. The smallest absolute Gasteiger partial charge is 0.203 e. The van der Waals surface area contributed by atoms with Crippen LogP contribution in [0.25, 0.3) is 0 Å². The molecule has 0 aromatic heterocycles. The predicted molar refractivity (Wildman–Crippen MR) is 124 cm³/mol. The summed E-state index contributed by atoms with van der Waals surface area (Å²) < 4.78 is 16.5. The second-order valence-corrected chi connectivity index (χ2v) is 7.02. The van der Waals surface area contributed by atoms with Crippen LogP contribution in [0.1, 0.15) is 5.56 Å². The van der Waals surface area contributed by atoms with Crippen molar-refractivity contribution in [3.8, 4) is 17.2 Å². The lowest BCUT2D eigenvalue weighted by Gasteiger charge is -2.35. The quantitative estimate of drug-likeness (QED) is 0.622. The van der Waals surface area contributed by atoms with Gasteiger partial charge >= 0.3 is 0 Å². The van der Waals surface area contributed by atoms with Gasteiger partial charge in [-0.2, -0.15) is 0 Å². The lowest BCUT2D eigenvalue weighted by atomic mass is 10.2. The first-order chi connectivity index (χ1) is 13.7. The molecule has 168 valence electrons. The van der Waals surface area contributed by atoms with Gasteiger partial charge in [0.15, 0.2) is 11.5 Å². The number of β-amino-alcohol motifs (C(OH)–C–C–N with tert-alkyl or cyclic N) is 1. The minimum atomic E-state index is -0.574. The molecule has 3 rings (SSSR count). The monoisotopic (exact) mass is 458 g/mol. The summed E-state index contributed by atoms with van der Waals surface area (Å²) in [4.78, 5) is 4.74. The number of hydrogen-bond acceptors (Lipinski definition) is 6. The lowest BCUT2D eigenvalue weighted by molar-refractivity contribution is 0.0434. The molecule has 2 aromatic rings.